The number of thiocarbonyl (C=S) groups is 1. The SMILES string of the molecule is CCCC(NC(=S)Nc1sc2c(c1C(=O)OCC)CCCCC2)C12CC3CC(CC(C3)C1)C2. The van der Waals surface area contributed by atoms with E-state index in [0.717, 1.165) is 47.6 Å². The second-order valence-corrected chi connectivity index (χ2v) is 12.7. The molecule has 0 aliphatic heterocycles. The van der Waals surface area contributed by atoms with Crippen LogP contribution in [0.15, 0.2) is 0 Å². The molecule has 6 rings (SSSR count). The first-order valence-electron chi connectivity index (χ1n) is 13.4. The minimum Gasteiger partial charge on any atom is -0.462 e. The fourth-order valence-corrected chi connectivity index (χ4v) is 9.56. The number of ether oxygens (including phenoxy) is 1. The van der Waals surface area contributed by atoms with Crippen LogP contribution < -0.4 is 10.6 Å². The lowest BCUT2D eigenvalue weighted by Gasteiger charge is -2.59. The zero-order valence-electron chi connectivity index (χ0n) is 20.3. The average molecular weight is 489 g/mol. The number of anilines is 1. The van der Waals surface area contributed by atoms with Gasteiger partial charge in [-0.1, -0.05) is 19.8 Å². The Morgan fingerprint density at radius 3 is 2.39 bits per heavy atom. The molecule has 1 heterocycles. The van der Waals surface area contributed by atoms with Gasteiger partial charge in [-0.2, -0.15) is 0 Å². The molecule has 0 radical (unpaired) electrons. The van der Waals surface area contributed by atoms with E-state index in [1.807, 2.05) is 6.92 Å². The Morgan fingerprint density at radius 1 is 1.09 bits per heavy atom. The minimum absolute atomic E-state index is 0.201. The summed E-state index contributed by atoms with van der Waals surface area (Å²) in [5.74, 6) is 2.60. The number of carbonyl (C=O) groups excluding carboxylic acids is 1. The molecular weight excluding hydrogens is 448 g/mol. The maximum atomic E-state index is 12.9. The minimum atomic E-state index is -0.201. The molecule has 4 fully saturated rings. The summed E-state index contributed by atoms with van der Waals surface area (Å²) >= 11 is 7.61. The van der Waals surface area contributed by atoms with Gasteiger partial charge in [-0.3, -0.25) is 0 Å². The van der Waals surface area contributed by atoms with Crippen molar-refractivity contribution in [3.05, 3.63) is 16.0 Å². The van der Waals surface area contributed by atoms with Gasteiger partial charge in [0.1, 0.15) is 5.00 Å². The fourth-order valence-electron chi connectivity index (χ4n) is 7.97. The van der Waals surface area contributed by atoms with Gasteiger partial charge in [-0.05, 0) is 119 Å². The standard InChI is InChI=1S/C27H40N2O2S2/c1-3-8-22(27-14-17-11-18(15-27)13-19(12-17)16-27)28-26(32)29-24-23(25(30)31-4-2)20-9-6-5-7-10-21(20)33-24/h17-19,22H,3-16H2,1-2H3,(H2,28,29,32). The number of thiophene rings is 1. The third-order valence-electron chi connectivity index (χ3n) is 8.84. The molecule has 4 bridgehead atoms. The van der Waals surface area contributed by atoms with E-state index in [1.54, 1.807) is 11.3 Å². The van der Waals surface area contributed by atoms with Crippen molar-refractivity contribution in [1.29, 1.82) is 0 Å². The average Bonchev–Trinajstić information content (AvgIpc) is 2.93. The number of rotatable bonds is 7. The van der Waals surface area contributed by atoms with E-state index < -0.39 is 0 Å². The van der Waals surface area contributed by atoms with Crippen molar-refractivity contribution in [3.63, 3.8) is 0 Å². The van der Waals surface area contributed by atoms with Crippen molar-refractivity contribution < 1.29 is 9.53 Å². The molecule has 0 aromatic carbocycles. The summed E-state index contributed by atoms with van der Waals surface area (Å²) in [6.45, 7) is 4.57. The van der Waals surface area contributed by atoms with Crippen LogP contribution in [0.4, 0.5) is 5.00 Å². The van der Waals surface area contributed by atoms with Crippen LogP contribution in [0.25, 0.3) is 0 Å². The topological polar surface area (TPSA) is 50.4 Å². The summed E-state index contributed by atoms with van der Waals surface area (Å²) in [6.07, 6.45) is 16.4. The Bertz CT molecular complexity index is 858. The number of hydrogen-bond acceptors (Lipinski definition) is 4. The highest BCUT2D eigenvalue weighted by Crippen LogP contribution is 2.61. The Hall–Kier alpha value is -1.14. The zero-order valence-corrected chi connectivity index (χ0v) is 22.0. The van der Waals surface area contributed by atoms with Crippen LogP contribution in [0.2, 0.25) is 0 Å². The molecule has 5 aliphatic carbocycles. The molecule has 4 nitrogen and oxygen atoms in total. The first-order chi connectivity index (χ1) is 16.0. The predicted molar refractivity (Wildman–Crippen MR) is 140 cm³/mol. The number of nitrogens with one attached hydrogen (secondary N) is 2. The third-order valence-corrected chi connectivity index (χ3v) is 10.3. The van der Waals surface area contributed by atoms with Crippen LogP contribution >= 0.6 is 23.6 Å². The number of aryl methyl sites for hydroxylation is 1. The molecule has 0 saturated heterocycles. The third kappa shape index (κ3) is 4.71. The molecular formula is C27H40N2O2S2. The van der Waals surface area contributed by atoms with Gasteiger partial charge in [0.2, 0.25) is 0 Å². The lowest BCUT2D eigenvalue weighted by molar-refractivity contribution is -0.0718. The van der Waals surface area contributed by atoms with Gasteiger partial charge in [0.25, 0.3) is 0 Å². The van der Waals surface area contributed by atoms with Gasteiger partial charge in [0.15, 0.2) is 5.11 Å². The number of esters is 1. The Labute approximate surface area is 208 Å². The summed E-state index contributed by atoms with van der Waals surface area (Å²) in [4.78, 5) is 14.3. The lowest BCUT2D eigenvalue weighted by atomic mass is 9.47. The highest BCUT2D eigenvalue weighted by molar-refractivity contribution is 7.80. The first-order valence-corrected chi connectivity index (χ1v) is 14.6. The molecule has 0 spiro atoms. The van der Waals surface area contributed by atoms with Crippen LogP contribution in [0.5, 0.6) is 0 Å². The van der Waals surface area contributed by atoms with E-state index in [1.165, 1.54) is 74.6 Å². The summed E-state index contributed by atoms with van der Waals surface area (Å²) in [7, 11) is 0. The summed E-state index contributed by atoms with van der Waals surface area (Å²) in [5, 5.41) is 8.85. The van der Waals surface area contributed by atoms with Gasteiger partial charge in [0, 0.05) is 10.9 Å². The number of carbonyl (C=O) groups is 1. The van der Waals surface area contributed by atoms with Crippen molar-refractivity contribution in [2.45, 2.75) is 103 Å². The van der Waals surface area contributed by atoms with E-state index in [2.05, 4.69) is 17.6 Å². The Morgan fingerprint density at radius 2 is 1.76 bits per heavy atom. The van der Waals surface area contributed by atoms with Gasteiger partial charge in [-0.15, -0.1) is 11.3 Å². The second kappa shape index (κ2) is 9.85. The smallest absolute Gasteiger partial charge is 0.341 e. The summed E-state index contributed by atoms with van der Waals surface area (Å²) in [5.41, 5.74) is 2.35. The molecule has 4 saturated carbocycles. The molecule has 5 aliphatic rings. The molecule has 182 valence electrons. The number of fused-ring (bicyclic) bond motifs is 1. The van der Waals surface area contributed by atoms with E-state index in [4.69, 9.17) is 17.0 Å². The van der Waals surface area contributed by atoms with Gasteiger partial charge in [-0.25, -0.2) is 4.79 Å². The molecule has 1 aromatic heterocycles. The zero-order chi connectivity index (χ0) is 23.0. The number of hydrogen-bond donors (Lipinski definition) is 2. The van der Waals surface area contributed by atoms with E-state index in [-0.39, 0.29) is 5.97 Å². The first kappa shape index (κ1) is 23.6. The van der Waals surface area contributed by atoms with Gasteiger partial charge in [0.05, 0.1) is 12.2 Å². The molecule has 6 heteroatoms. The van der Waals surface area contributed by atoms with Crippen LogP contribution in [0.1, 0.15) is 105 Å². The van der Waals surface area contributed by atoms with Crippen molar-refractivity contribution in [3.8, 4) is 0 Å². The second-order valence-electron chi connectivity index (χ2n) is 11.2. The fraction of sp³-hybridized carbons (Fsp3) is 0.778. The highest BCUT2D eigenvalue weighted by atomic mass is 32.1. The summed E-state index contributed by atoms with van der Waals surface area (Å²) in [6, 6.07) is 0.430. The quantitative estimate of drug-likeness (QED) is 0.249. The van der Waals surface area contributed by atoms with E-state index in [0.29, 0.717) is 23.2 Å². The van der Waals surface area contributed by atoms with Crippen molar-refractivity contribution in [1.82, 2.24) is 5.32 Å². The van der Waals surface area contributed by atoms with Gasteiger partial charge < -0.3 is 15.4 Å². The van der Waals surface area contributed by atoms with Crippen molar-refractivity contribution in [2.75, 3.05) is 11.9 Å². The Kier molecular flexibility index (Phi) is 7.04. The molecule has 0 amide bonds. The van der Waals surface area contributed by atoms with Crippen LogP contribution in [-0.2, 0) is 17.6 Å². The monoisotopic (exact) mass is 488 g/mol. The lowest BCUT2D eigenvalue weighted by Crippen LogP contribution is -2.57. The van der Waals surface area contributed by atoms with Crippen molar-refractivity contribution >= 4 is 39.6 Å². The molecule has 2 N–H and O–H groups in total. The molecule has 1 atom stereocenters. The molecule has 33 heavy (non-hydrogen) atoms. The molecule has 1 unspecified atom stereocenters. The molecule has 1 aromatic rings. The van der Waals surface area contributed by atoms with Crippen LogP contribution in [0.3, 0.4) is 0 Å². The Balaban J connectivity index is 1.35. The highest BCUT2D eigenvalue weighted by Gasteiger charge is 2.54. The normalized spacial score (nSPS) is 30.9. The maximum Gasteiger partial charge on any atom is 0.341 e. The summed E-state index contributed by atoms with van der Waals surface area (Å²) < 4.78 is 5.46. The van der Waals surface area contributed by atoms with Crippen LogP contribution in [0, 0.1) is 23.2 Å². The van der Waals surface area contributed by atoms with Crippen LogP contribution in [-0.4, -0.2) is 23.7 Å². The maximum absolute atomic E-state index is 12.9. The van der Waals surface area contributed by atoms with Crippen molar-refractivity contribution in [2.24, 2.45) is 23.2 Å². The van der Waals surface area contributed by atoms with Gasteiger partial charge >= 0.3 is 5.97 Å². The van der Waals surface area contributed by atoms with E-state index >= 15 is 0 Å². The van der Waals surface area contributed by atoms with E-state index in [9.17, 15) is 4.79 Å². The largest absolute Gasteiger partial charge is 0.462 e. The predicted octanol–water partition coefficient (Wildman–Crippen LogP) is 6.87.